The number of hydrogen-bond acceptors (Lipinski definition) is 6. The van der Waals surface area contributed by atoms with Gasteiger partial charge in [0.2, 0.25) is 0 Å². The molecule has 0 saturated heterocycles. The van der Waals surface area contributed by atoms with Crippen LogP contribution < -0.4 is 0 Å². The summed E-state index contributed by atoms with van der Waals surface area (Å²) in [5, 5.41) is 0. The Bertz CT molecular complexity index is 228. The zero-order valence-electron chi connectivity index (χ0n) is 12.1. The average molecular weight is 294 g/mol. The van der Waals surface area contributed by atoms with Gasteiger partial charge < -0.3 is 18.9 Å². The summed E-state index contributed by atoms with van der Waals surface area (Å²) < 4.78 is 20.9. The first-order valence-corrected chi connectivity index (χ1v) is 7.15. The van der Waals surface area contributed by atoms with Crippen LogP contribution in [0.3, 0.4) is 0 Å². The number of carbonyl (C=O) groups excluding carboxylic acids is 1. The summed E-state index contributed by atoms with van der Waals surface area (Å²) in [5.41, 5.74) is -0.437. The summed E-state index contributed by atoms with van der Waals surface area (Å²) in [4.78, 5) is 11.3. The van der Waals surface area contributed by atoms with E-state index in [1.165, 1.54) is 0 Å². The van der Waals surface area contributed by atoms with Crippen molar-refractivity contribution < 1.29 is 23.7 Å². The highest BCUT2D eigenvalue weighted by molar-refractivity contribution is 7.80. The van der Waals surface area contributed by atoms with E-state index in [4.69, 9.17) is 18.9 Å². The maximum absolute atomic E-state index is 11.3. The molecular weight excluding hydrogens is 268 g/mol. The maximum atomic E-state index is 11.3. The fourth-order valence-corrected chi connectivity index (χ4v) is 1.28. The molecule has 0 atom stereocenters. The lowest BCUT2D eigenvalue weighted by atomic mass is 10.2. The predicted molar refractivity (Wildman–Crippen MR) is 76.8 cm³/mol. The highest BCUT2D eigenvalue weighted by Crippen LogP contribution is 2.07. The van der Waals surface area contributed by atoms with Crippen molar-refractivity contribution in [3.8, 4) is 0 Å². The predicted octanol–water partition coefficient (Wildman–Crippen LogP) is 1.70. The maximum Gasteiger partial charge on any atom is 0.308 e. The molecule has 0 radical (unpaired) electrons. The molecule has 0 aliphatic heterocycles. The molecule has 0 aliphatic rings. The first-order valence-electron chi connectivity index (χ1n) is 6.51. The number of carbonyl (C=O) groups is 1. The lowest BCUT2D eigenvalue weighted by molar-refractivity contribution is -0.156. The minimum absolute atomic E-state index is 0.242. The van der Waals surface area contributed by atoms with Crippen molar-refractivity contribution >= 4 is 18.6 Å². The second kappa shape index (κ2) is 11.5. The number of ether oxygens (including phenoxy) is 4. The second-order valence-corrected chi connectivity index (χ2v) is 5.34. The van der Waals surface area contributed by atoms with Crippen molar-refractivity contribution in [1.82, 2.24) is 0 Å². The van der Waals surface area contributed by atoms with Crippen LogP contribution in [0.15, 0.2) is 0 Å². The Morgan fingerprint density at radius 3 is 1.84 bits per heavy atom. The molecule has 0 N–H and O–H groups in total. The summed E-state index contributed by atoms with van der Waals surface area (Å²) in [6, 6.07) is 0. The lowest BCUT2D eigenvalue weighted by Gasteiger charge is -2.19. The van der Waals surface area contributed by atoms with Gasteiger partial charge in [-0.3, -0.25) is 4.79 Å². The molecule has 0 unspecified atom stereocenters. The van der Waals surface area contributed by atoms with Crippen molar-refractivity contribution in [3.05, 3.63) is 0 Å². The first kappa shape index (κ1) is 18.7. The number of hydrogen-bond donors (Lipinski definition) is 1. The van der Waals surface area contributed by atoms with Gasteiger partial charge in [-0.2, -0.15) is 12.6 Å². The quantitative estimate of drug-likeness (QED) is 0.357. The van der Waals surface area contributed by atoms with Crippen LogP contribution in [0, 0.1) is 0 Å². The van der Waals surface area contributed by atoms with E-state index in [0.717, 1.165) is 0 Å². The summed E-state index contributed by atoms with van der Waals surface area (Å²) in [5.74, 6) is 0.474. The molecule has 0 amide bonds. The van der Waals surface area contributed by atoms with Gasteiger partial charge in [0.05, 0.1) is 46.1 Å². The molecule has 0 spiro atoms. The molecule has 114 valence electrons. The third-order valence-corrected chi connectivity index (χ3v) is 2.03. The van der Waals surface area contributed by atoms with E-state index in [1.54, 1.807) is 0 Å². The van der Waals surface area contributed by atoms with Crippen LogP contribution in [0.1, 0.15) is 27.2 Å². The summed E-state index contributed by atoms with van der Waals surface area (Å²) >= 11 is 4.02. The molecule has 0 aromatic rings. The normalized spacial score (nSPS) is 11.6. The van der Waals surface area contributed by atoms with Gasteiger partial charge in [-0.1, -0.05) is 0 Å². The summed E-state index contributed by atoms with van der Waals surface area (Å²) in [7, 11) is 0. The van der Waals surface area contributed by atoms with E-state index in [1.807, 2.05) is 20.8 Å². The molecule has 0 fully saturated rings. The van der Waals surface area contributed by atoms with Crippen LogP contribution >= 0.6 is 12.6 Å². The van der Waals surface area contributed by atoms with Crippen LogP contribution in [0.2, 0.25) is 0 Å². The highest BCUT2D eigenvalue weighted by Gasteiger charge is 2.15. The van der Waals surface area contributed by atoms with Crippen LogP contribution in [0.4, 0.5) is 0 Å². The van der Waals surface area contributed by atoms with Crippen LogP contribution in [-0.4, -0.2) is 57.0 Å². The first-order chi connectivity index (χ1) is 8.95. The Balaban J connectivity index is 3.21. The third-order valence-electron chi connectivity index (χ3n) is 1.85. The van der Waals surface area contributed by atoms with Crippen molar-refractivity contribution in [1.29, 1.82) is 0 Å². The van der Waals surface area contributed by atoms with Crippen LogP contribution in [0.5, 0.6) is 0 Å². The minimum atomic E-state index is -0.437. The van der Waals surface area contributed by atoms with E-state index >= 15 is 0 Å². The van der Waals surface area contributed by atoms with E-state index in [-0.39, 0.29) is 12.4 Å². The van der Waals surface area contributed by atoms with Gasteiger partial charge in [-0.05, 0) is 20.8 Å². The molecule has 19 heavy (non-hydrogen) atoms. The highest BCUT2D eigenvalue weighted by atomic mass is 32.1. The van der Waals surface area contributed by atoms with Crippen molar-refractivity contribution in [2.45, 2.75) is 32.8 Å². The average Bonchev–Trinajstić information content (AvgIpc) is 2.29. The SMILES string of the molecule is CC(C)(C)OC(=O)CCOCCOCCOCCS. The number of esters is 1. The standard InChI is InChI=1S/C13H26O5S/c1-13(2,3)18-12(14)4-5-15-6-7-16-8-9-17-10-11-19/h19H,4-11H2,1-3H3. The van der Waals surface area contributed by atoms with Crippen molar-refractivity contribution in [3.63, 3.8) is 0 Å². The number of thiol groups is 1. The Morgan fingerprint density at radius 2 is 1.37 bits per heavy atom. The Morgan fingerprint density at radius 1 is 0.895 bits per heavy atom. The lowest BCUT2D eigenvalue weighted by Crippen LogP contribution is -2.24. The van der Waals surface area contributed by atoms with Crippen molar-refractivity contribution in [2.75, 3.05) is 45.4 Å². The Kier molecular flexibility index (Phi) is 11.3. The summed E-state index contributed by atoms with van der Waals surface area (Å²) in [6.45, 7) is 8.60. The van der Waals surface area contributed by atoms with Gasteiger partial charge in [-0.15, -0.1) is 0 Å². The zero-order chi connectivity index (χ0) is 14.6. The molecule has 0 rings (SSSR count). The van der Waals surface area contributed by atoms with E-state index in [0.29, 0.717) is 45.4 Å². The molecule has 0 aliphatic carbocycles. The van der Waals surface area contributed by atoms with Crippen LogP contribution in [0.25, 0.3) is 0 Å². The van der Waals surface area contributed by atoms with Gasteiger partial charge in [0, 0.05) is 5.75 Å². The molecular formula is C13H26O5S. The zero-order valence-corrected chi connectivity index (χ0v) is 13.0. The monoisotopic (exact) mass is 294 g/mol. The molecule has 6 heteroatoms. The fourth-order valence-electron chi connectivity index (χ4n) is 1.15. The molecule has 0 bridgehead atoms. The van der Waals surface area contributed by atoms with E-state index < -0.39 is 5.60 Å². The molecule has 0 heterocycles. The van der Waals surface area contributed by atoms with Gasteiger partial charge in [0.15, 0.2) is 0 Å². The van der Waals surface area contributed by atoms with E-state index in [9.17, 15) is 4.79 Å². The Hall–Kier alpha value is -0.300. The minimum Gasteiger partial charge on any atom is -0.460 e. The van der Waals surface area contributed by atoms with Crippen molar-refractivity contribution in [2.24, 2.45) is 0 Å². The molecule has 5 nitrogen and oxygen atoms in total. The smallest absolute Gasteiger partial charge is 0.308 e. The molecule has 0 aromatic carbocycles. The van der Waals surface area contributed by atoms with Gasteiger partial charge >= 0.3 is 5.97 Å². The largest absolute Gasteiger partial charge is 0.460 e. The topological polar surface area (TPSA) is 54.0 Å². The fraction of sp³-hybridized carbons (Fsp3) is 0.923. The van der Waals surface area contributed by atoms with Gasteiger partial charge in [-0.25, -0.2) is 0 Å². The third kappa shape index (κ3) is 15.6. The van der Waals surface area contributed by atoms with Gasteiger partial charge in [0.25, 0.3) is 0 Å². The van der Waals surface area contributed by atoms with Crippen LogP contribution in [-0.2, 0) is 23.7 Å². The summed E-state index contributed by atoms with van der Waals surface area (Å²) in [6.07, 6.45) is 0.266. The number of rotatable bonds is 11. The van der Waals surface area contributed by atoms with E-state index in [2.05, 4.69) is 12.6 Å². The molecule has 0 saturated carbocycles. The molecule has 0 aromatic heterocycles. The second-order valence-electron chi connectivity index (χ2n) is 4.90. The Labute approximate surface area is 121 Å². The van der Waals surface area contributed by atoms with Gasteiger partial charge in [0.1, 0.15) is 5.60 Å².